The van der Waals surface area contributed by atoms with Crippen LogP contribution < -0.4 is 14.8 Å². The molecule has 0 amide bonds. The molecular formula is C18H29NO2. The number of hydrogen-bond acceptors (Lipinski definition) is 3. The van der Waals surface area contributed by atoms with Gasteiger partial charge in [-0.05, 0) is 49.4 Å². The van der Waals surface area contributed by atoms with Crippen LogP contribution in [0.15, 0.2) is 18.2 Å². The SMILES string of the molecule is CCC1CCCC(C(NC)c2cc(OC)cc(OC)c2)C1. The van der Waals surface area contributed by atoms with Crippen molar-refractivity contribution in [2.75, 3.05) is 21.3 Å². The molecule has 3 heteroatoms. The van der Waals surface area contributed by atoms with E-state index < -0.39 is 0 Å². The topological polar surface area (TPSA) is 30.5 Å². The van der Waals surface area contributed by atoms with Crippen molar-refractivity contribution in [3.8, 4) is 11.5 Å². The maximum atomic E-state index is 5.41. The molecule has 0 radical (unpaired) electrons. The van der Waals surface area contributed by atoms with Gasteiger partial charge in [0.25, 0.3) is 0 Å². The number of hydrogen-bond donors (Lipinski definition) is 1. The quantitative estimate of drug-likeness (QED) is 0.853. The van der Waals surface area contributed by atoms with Gasteiger partial charge in [-0.2, -0.15) is 0 Å². The van der Waals surface area contributed by atoms with E-state index in [4.69, 9.17) is 9.47 Å². The summed E-state index contributed by atoms with van der Waals surface area (Å²) in [4.78, 5) is 0. The molecule has 2 rings (SSSR count). The van der Waals surface area contributed by atoms with Crippen molar-refractivity contribution in [1.82, 2.24) is 5.32 Å². The second-order valence-electron chi connectivity index (χ2n) is 6.11. The van der Waals surface area contributed by atoms with Gasteiger partial charge in [0.2, 0.25) is 0 Å². The molecule has 0 aliphatic heterocycles. The highest BCUT2D eigenvalue weighted by Gasteiger charge is 2.28. The number of benzene rings is 1. The second-order valence-corrected chi connectivity index (χ2v) is 6.11. The van der Waals surface area contributed by atoms with E-state index in [1.54, 1.807) is 14.2 Å². The largest absolute Gasteiger partial charge is 0.497 e. The summed E-state index contributed by atoms with van der Waals surface area (Å²) in [7, 11) is 5.48. The van der Waals surface area contributed by atoms with Gasteiger partial charge in [0.05, 0.1) is 14.2 Å². The molecule has 21 heavy (non-hydrogen) atoms. The Labute approximate surface area is 129 Å². The van der Waals surface area contributed by atoms with E-state index in [9.17, 15) is 0 Å². The average molecular weight is 291 g/mol. The van der Waals surface area contributed by atoms with Crippen molar-refractivity contribution in [1.29, 1.82) is 0 Å². The third kappa shape index (κ3) is 3.91. The molecule has 0 aromatic heterocycles. The molecule has 0 spiro atoms. The Morgan fingerprint density at radius 2 is 1.81 bits per heavy atom. The van der Waals surface area contributed by atoms with E-state index in [1.807, 2.05) is 6.07 Å². The van der Waals surface area contributed by atoms with E-state index in [0.29, 0.717) is 12.0 Å². The molecule has 1 saturated carbocycles. The Balaban J connectivity index is 2.23. The highest BCUT2D eigenvalue weighted by atomic mass is 16.5. The Bertz CT molecular complexity index is 425. The Morgan fingerprint density at radius 3 is 2.33 bits per heavy atom. The van der Waals surface area contributed by atoms with Gasteiger partial charge in [0, 0.05) is 12.1 Å². The van der Waals surface area contributed by atoms with Crippen molar-refractivity contribution in [2.24, 2.45) is 11.8 Å². The Hall–Kier alpha value is -1.22. The minimum Gasteiger partial charge on any atom is -0.497 e. The third-order valence-corrected chi connectivity index (χ3v) is 4.92. The molecule has 1 fully saturated rings. The molecule has 3 unspecified atom stereocenters. The van der Waals surface area contributed by atoms with Gasteiger partial charge in [-0.3, -0.25) is 0 Å². The van der Waals surface area contributed by atoms with E-state index >= 15 is 0 Å². The zero-order chi connectivity index (χ0) is 15.2. The second kappa shape index (κ2) is 7.69. The first-order chi connectivity index (χ1) is 10.2. The first-order valence-electron chi connectivity index (χ1n) is 8.12. The van der Waals surface area contributed by atoms with Crippen molar-refractivity contribution < 1.29 is 9.47 Å². The van der Waals surface area contributed by atoms with Crippen molar-refractivity contribution in [3.63, 3.8) is 0 Å². The highest BCUT2D eigenvalue weighted by Crippen LogP contribution is 2.39. The summed E-state index contributed by atoms with van der Waals surface area (Å²) >= 11 is 0. The van der Waals surface area contributed by atoms with E-state index in [0.717, 1.165) is 17.4 Å². The smallest absolute Gasteiger partial charge is 0.122 e. The minimum atomic E-state index is 0.378. The predicted molar refractivity (Wildman–Crippen MR) is 87.1 cm³/mol. The molecular weight excluding hydrogens is 262 g/mol. The number of rotatable bonds is 6. The zero-order valence-corrected chi connectivity index (χ0v) is 13.8. The lowest BCUT2D eigenvalue weighted by molar-refractivity contribution is 0.214. The third-order valence-electron chi connectivity index (χ3n) is 4.92. The summed E-state index contributed by atoms with van der Waals surface area (Å²) in [5.41, 5.74) is 1.27. The van der Waals surface area contributed by atoms with Crippen LogP contribution in [-0.4, -0.2) is 21.3 Å². The van der Waals surface area contributed by atoms with Gasteiger partial charge >= 0.3 is 0 Å². The average Bonchev–Trinajstić information content (AvgIpc) is 2.55. The van der Waals surface area contributed by atoms with Crippen LogP contribution in [0.3, 0.4) is 0 Å². The first-order valence-corrected chi connectivity index (χ1v) is 8.12. The van der Waals surface area contributed by atoms with Crippen LogP contribution in [0.25, 0.3) is 0 Å². The Morgan fingerprint density at radius 1 is 1.14 bits per heavy atom. The van der Waals surface area contributed by atoms with Crippen LogP contribution >= 0.6 is 0 Å². The van der Waals surface area contributed by atoms with Gasteiger partial charge in [-0.15, -0.1) is 0 Å². The standard InChI is InChI=1S/C18H29NO2/c1-5-13-7-6-8-14(9-13)18(19-2)15-10-16(20-3)12-17(11-15)21-4/h10-14,18-19H,5-9H2,1-4H3. The predicted octanol–water partition coefficient (Wildman–Crippen LogP) is 4.18. The van der Waals surface area contributed by atoms with Gasteiger partial charge in [-0.1, -0.05) is 26.2 Å². The molecule has 0 bridgehead atoms. The minimum absolute atomic E-state index is 0.378. The summed E-state index contributed by atoms with van der Waals surface area (Å²) in [5.74, 6) is 3.32. The molecule has 0 heterocycles. The summed E-state index contributed by atoms with van der Waals surface area (Å²) in [6.45, 7) is 2.32. The van der Waals surface area contributed by atoms with Crippen molar-refractivity contribution in [3.05, 3.63) is 23.8 Å². The lowest BCUT2D eigenvalue weighted by Gasteiger charge is -2.34. The molecule has 3 nitrogen and oxygen atoms in total. The molecule has 1 aromatic carbocycles. The van der Waals surface area contributed by atoms with E-state index in [-0.39, 0.29) is 0 Å². The molecule has 3 atom stereocenters. The summed E-state index contributed by atoms with van der Waals surface area (Å²) in [5, 5.41) is 3.52. The summed E-state index contributed by atoms with van der Waals surface area (Å²) in [6.07, 6.45) is 6.67. The van der Waals surface area contributed by atoms with E-state index in [1.165, 1.54) is 37.7 Å². The molecule has 118 valence electrons. The fraction of sp³-hybridized carbons (Fsp3) is 0.667. The molecule has 1 aliphatic rings. The van der Waals surface area contributed by atoms with Gasteiger partial charge in [-0.25, -0.2) is 0 Å². The molecule has 0 saturated heterocycles. The van der Waals surface area contributed by atoms with Crippen LogP contribution in [0.1, 0.15) is 50.6 Å². The highest BCUT2D eigenvalue weighted by molar-refractivity contribution is 5.40. The van der Waals surface area contributed by atoms with Gasteiger partial charge < -0.3 is 14.8 Å². The maximum Gasteiger partial charge on any atom is 0.122 e. The van der Waals surface area contributed by atoms with Crippen LogP contribution in [0.4, 0.5) is 0 Å². The lowest BCUT2D eigenvalue weighted by atomic mass is 9.75. The van der Waals surface area contributed by atoms with Gasteiger partial charge in [0.1, 0.15) is 11.5 Å². The Kier molecular flexibility index (Phi) is 5.92. The van der Waals surface area contributed by atoms with Crippen LogP contribution in [-0.2, 0) is 0 Å². The molecule has 1 aliphatic carbocycles. The lowest BCUT2D eigenvalue weighted by Crippen LogP contribution is -2.29. The van der Waals surface area contributed by atoms with Gasteiger partial charge in [0.15, 0.2) is 0 Å². The van der Waals surface area contributed by atoms with Crippen molar-refractivity contribution >= 4 is 0 Å². The summed E-state index contributed by atoms with van der Waals surface area (Å²) < 4.78 is 10.8. The van der Waals surface area contributed by atoms with Crippen LogP contribution in [0, 0.1) is 11.8 Å². The first kappa shape index (κ1) is 16.2. The monoisotopic (exact) mass is 291 g/mol. The number of methoxy groups -OCH3 is 2. The number of ether oxygens (including phenoxy) is 2. The zero-order valence-electron chi connectivity index (χ0n) is 13.8. The molecule has 1 aromatic rings. The fourth-order valence-electron chi connectivity index (χ4n) is 3.69. The van der Waals surface area contributed by atoms with E-state index in [2.05, 4.69) is 31.4 Å². The fourth-order valence-corrected chi connectivity index (χ4v) is 3.69. The normalized spacial score (nSPS) is 23.6. The van der Waals surface area contributed by atoms with Crippen LogP contribution in [0.5, 0.6) is 11.5 Å². The number of nitrogens with one attached hydrogen (secondary N) is 1. The van der Waals surface area contributed by atoms with Crippen molar-refractivity contribution in [2.45, 2.75) is 45.1 Å². The maximum absolute atomic E-state index is 5.41. The molecule has 1 N–H and O–H groups in total. The summed E-state index contributed by atoms with van der Waals surface area (Å²) in [6, 6.07) is 6.59. The van der Waals surface area contributed by atoms with Crippen LogP contribution in [0.2, 0.25) is 0 Å².